The molecule has 5 nitrogen and oxygen atoms in total. The number of esters is 1. The van der Waals surface area contributed by atoms with Crippen molar-refractivity contribution in [1.82, 2.24) is 9.55 Å². The molecule has 0 aromatic carbocycles. The predicted octanol–water partition coefficient (Wildman–Crippen LogP) is 1.68. The summed E-state index contributed by atoms with van der Waals surface area (Å²) in [6.45, 7) is 9.41. The van der Waals surface area contributed by atoms with Gasteiger partial charge in [0.1, 0.15) is 17.5 Å². The number of aryl methyl sites for hydroxylation is 1. The van der Waals surface area contributed by atoms with Crippen LogP contribution in [0, 0.1) is 0 Å². The van der Waals surface area contributed by atoms with Crippen molar-refractivity contribution in [1.29, 1.82) is 0 Å². The minimum Gasteiger partial charge on any atom is -0.459 e. The largest absolute Gasteiger partial charge is 0.459 e. The lowest BCUT2D eigenvalue weighted by Crippen LogP contribution is -2.42. The molecule has 1 aromatic rings. The van der Waals surface area contributed by atoms with E-state index in [9.17, 15) is 4.79 Å². The van der Waals surface area contributed by atoms with Gasteiger partial charge in [-0.15, -0.1) is 0 Å². The van der Waals surface area contributed by atoms with Crippen LogP contribution in [0.2, 0.25) is 0 Å². The van der Waals surface area contributed by atoms with Gasteiger partial charge in [0.2, 0.25) is 0 Å². The van der Waals surface area contributed by atoms with Crippen LogP contribution in [-0.2, 0) is 16.0 Å². The average molecular weight is 253 g/mol. The van der Waals surface area contributed by atoms with Crippen molar-refractivity contribution in [3.63, 3.8) is 0 Å². The van der Waals surface area contributed by atoms with Gasteiger partial charge in [-0.2, -0.15) is 0 Å². The fraction of sp³-hybridized carbons (Fsp3) is 0.692. The first-order valence-electron chi connectivity index (χ1n) is 6.26. The van der Waals surface area contributed by atoms with Gasteiger partial charge in [0.15, 0.2) is 0 Å². The van der Waals surface area contributed by atoms with Crippen molar-refractivity contribution < 1.29 is 9.53 Å². The van der Waals surface area contributed by atoms with Gasteiger partial charge in [0.25, 0.3) is 0 Å². The minimum absolute atomic E-state index is 0.169. The van der Waals surface area contributed by atoms with Crippen LogP contribution in [0.4, 0.5) is 0 Å². The van der Waals surface area contributed by atoms with E-state index in [-0.39, 0.29) is 12.0 Å². The molecule has 1 rings (SSSR count). The second-order valence-electron chi connectivity index (χ2n) is 5.40. The fourth-order valence-corrected chi connectivity index (χ4v) is 1.73. The number of carbonyl (C=O) groups excluding carboxylic acids is 1. The molecule has 0 saturated heterocycles. The van der Waals surface area contributed by atoms with E-state index in [1.807, 2.05) is 45.4 Å². The van der Waals surface area contributed by atoms with Gasteiger partial charge in [-0.25, -0.2) is 4.98 Å². The van der Waals surface area contributed by atoms with Crippen LogP contribution in [0.1, 0.15) is 46.5 Å². The first-order chi connectivity index (χ1) is 8.26. The van der Waals surface area contributed by atoms with Crippen LogP contribution in [0.5, 0.6) is 0 Å². The molecule has 102 valence electrons. The smallest absolute Gasteiger partial charge is 0.325 e. The Morgan fingerprint density at radius 1 is 1.56 bits per heavy atom. The van der Waals surface area contributed by atoms with Gasteiger partial charge in [-0.05, 0) is 27.7 Å². The number of carbonyl (C=O) groups is 1. The molecule has 5 heteroatoms. The highest BCUT2D eigenvalue weighted by atomic mass is 16.6. The van der Waals surface area contributed by atoms with Crippen LogP contribution in [0.15, 0.2) is 12.4 Å². The molecule has 1 heterocycles. The summed E-state index contributed by atoms with van der Waals surface area (Å²) < 4.78 is 7.22. The molecule has 0 amide bonds. The molecule has 1 aromatic heterocycles. The molecule has 0 aliphatic carbocycles. The summed E-state index contributed by atoms with van der Waals surface area (Å²) >= 11 is 0. The highest BCUT2D eigenvalue weighted by Crippen LogP contribution is 2.16. The summed E-state index contributed by atoms with van der Waals surface area (Å²) in [5.74, 6) is 0.535. The third-order valence-electron chi connectivity index (χ3n) is 2.70. The number of aromatic nitrogens is 2. The Hall–Kier alpha value is -1.36. The highest BCUT2D eigenvalue weighted by Gasteiger charge is 2.28. The number of hydrogen-bond acceptors (Lipinski definition) is 4. The summed E-state index contributed by atoms with van der Waals surface area (Å²) in [7, 11) is 0. The second-order valence-corrected chi connectivity index (χ2v) is 5.40. The molecule has 0 fully saturated rings. The zero-order valence-electron chi connectivity index (χ0n) is 11.8. The molecule has 0 spiro atoms. The van der Waals surface area contributed by atoms with E-state index in [4.69, 9.17) is 10.5 Å². The molecule has 2 atom stereocenters. The number of ether oxygens (including phenoxy) is 1. The van der Waals surface area contributed by atoms with Crippen LogP contribution < -0.4 is 5.73 Å². The molecular formula is C13H23N3O2. The number of imidazole rings is 1. The maximum Gasteiger partial charge on any atom is 0.325 e. The van der Waals surface area contributed by atoms with Crippen molar-refractivity contribution in [2.75, 3.05) is 0 Å². The van der Waals surface area contributed by atoms with Gasteiger partial charge < -0.3 is 15.0 Å². The van der Waals surface area contributed by atoms with Gasteiger partial charge in [-0.3, -0.25) is 4.79 Å². The number of hydrogen-bond donors (Lipinski definition) is 1. The number of rotatable bonds is 4. The SMILES string of the molecule is CCc1nccn1C(C)C(N)C(=O)OC(C)(C)C. The molecule has 0 bridgehead atoms. The Morgan fingerprint density at radius 3 is 2.67 bits per heavy atom. The Morgan fingerprint density at radius 2 is 2.17 bits per heavy atom. The zero-order chi connectivity index (χ0) is 13.9. The van der Waals surface area contributed by atoms with E-state index in [0.29, 0.717) is 0 Å². The topological polar surface area (TPSA) is 70.1 Å². The van der Waals surface area contributed by atoms with Crippen LogP contribution in [0.25, 0.3) is 0 Å². The zero-order valence-corrected chi connectivity index (χ0v) is 11.8. The lowest BCUT2D eigenvalue weighted by molar-refractivity contribution is -0.157. The maximum atomic E-state index is 11.9. The third kappa shape index (κ3) is 3.57. The Kier molecular flexibility index (Phi) is 4.51. The van der Waals surface area contributed by atoms with E-state index in [2.05, 4.69) is 4.98 Å². The minimum atomic E-state index is -0.691. The van der Waals surface area contributed by atoms with Crippen molar-refractivity contribution in [2.45, 2.75) is 58.7 Å². The monoisotopic (exact) mass is 253 g/mol. The molecule has 18 heavy (non-hydrogen) atoms. The lowest BCUT2D eigenvalue weighted by Gasteiger charge is -2.26. The summed E-state index contributed by atoms with van der Waals surface area (Å²) in [5.41, 5.74) is 5.44. The highest BCUT2D eigenvalue weighted by molar-refractivity contribution is 5.76. The van der Waals surface area contributed by atoms with Crippen LogP contribution >= 0.6 is 0 Å². The Bertz CT molecular complexity index is 407. The molecule has 0 aliphatic heterocycles. The summed E-state index contributed by atoms with van der Waals surface area (Å²) in [5, 5.41) is 0. The number of nitrogens with zero attached hydrogens (tertiary/aromatic N) is 2. The average Bonchev–Trinajstić information content (AvgIpc) is 2.72. The van der Waals surface area contributed by atoms with Crippen molar-refractivity contribution in [2.24, 2.45) is 5.73 Å². The van der Waals surface area contributed by atoms with E-state index < -0.39 is 11.6 Å². The molecule has 2 N–H and O–H groups in total. The fourth-order valence-electron chi connectivity index (χ4n) is 1.73. The quantitative estimate of drug-likeness (QED) is 0.829. The van der Waals surface area contributed by atoms with Crippen LogP contribution in [-0.4, -0.2) is 27.2 Å². The van der Waals surface area contributed by atoms with E-state index in [1.54, 1.807) is 6.20 Å². The van der Waals surface area contributed by atoms with Crippen molar-refractivity contribution in [3.8, 4) is 0 Å². The van der Waals surface area contributed by atoms with Gasteiger partial charge in [-0.1, -0.05) is 6.92 Å². The van der Waals surface area contributed by atoms with E-state index >= 15 is 0 Å². The molecule has 0 saturated carbocycles. The third-order valence-corrected chi connectivity index (χ3v) is 2.70. The molecule has 0 radical (unpaired) electrons. The number of nitrogens with two attached hydrogens (primary N) is 1. The normalized spacial score (nSPS) is 15.2. The first kappa shape index (κ1) is 14.7. The summed E-state index contributed by atoms with van der Waals surface area (Å²) in [6, 6.07) is -0.860. The molecule has 0 aliphatic rings. The molecule has 2 unspecified atom stereocenters. The first-order valence-corrected chi connectivity index (χ1v) is 6.26. The predicted molar refractivity (Wildman–Crippen MR) is 70.1 cm³/mol. The van der Waals surface area contributed by atoms with Gasteiger partial charge >= 0.3 is 5.97 Å². The molecular weight excluding hydrogens is 230 g/mol. The van der Waals surface area contributed by atoms with Crippen LogP contribution in [0.3, 0.4) is 0 Å². The standard InChI is InChI=1S/C13H23N3O2/c1-6-10-15-7-8-16(10)9(2)11(14)12(17)18-13(3,4)5/h7-9,11H,6,14H2,1-5H3. The maximum absolute atomic E-state index is 11.9. The van der Waals surface area contributed by atoms with Gasteiger partial charge in [0, 0.05) is 18.8 Å². The second kappa shape index (κ2) is 5.52. The van der Waals surface area contributed by atoms with Crippen molar-refractivity contribution in [3.05, 3.63) is 18.2 Å². The summed E-state index contributed by atoms with van der Waals surface area (Å²) in [6.07, 6.45) is 4.36. The Balaban J connectivity index is 2.78. The van der Waals surface area contributed by atoms with E-state index in [1.165, 1.54) is 0 Å². The summed E-state index contributed by atoms with van der Waals surface area (Å²) in [4.78, 5) is 16.1. The van der Waals surface area contributed by atoms with E-state index in [0.717, 1.165) is 12.2 Å². The van der Waals surface area contributed by atoms with Crippen molar-refractivity contribution >= 4 is 5.97 Å². The Labute approximate surface area is 108 Å². The lowest BCUT2D eigenvalue weighted by atomic mass is 10.1. The van der Waals surface area contributed by atoms with Gasteiger partial charge in [0.05, 0.1) is 6.04 Å².